The lowest BCUT2D eigenvalue weighted by molar-refractivity contribution is -0.0514. The highest BCUT2D eigenvalue weighted by atomic mass is 19.3. The van der Waals surface area contributed by atoms with E-state index in [0.717, 1.165) is 31.6 Å². The summed E-state index contributed by atoms with van der Waals surface area (Å²) >= 11 is 0. The fourth-order valence-corrected chi connectivity index (χ4v) is 3.03. The Morgan fingerprint density at radius 3 is 2.78 bits per heavy atom. The molecule has 130 valence electrons. The number of benzene rings is 1. The average Bonchev–Trinajstić information content (AvgIpc) is 2.50. The van der Waals surface area contributed by atoms with Gasteiger partial charge >= 0.3 is 6.61 Å². The summed E-state index contributed by atoms with van der Waals surface area (Å²) < 4.78 is 34.8. The van der Waals surface area contributed by atoms with Gasteiger partial charge < -0.3 is 15.2 Å². The Labute approximate surface area is 136 Å². The Hall–Kier alpha value is -1.40. The highest BCUT2D eigenvalue weighted by Gasteiger charge is 2.23. The standard InChI is InChI=1S/C17H26F2N2O2/c1-3-22-16-9-13(6-7-15(16)23-17(18)19)10-21-8-4-5-14(11-21)12(2)20/h6-7,9,12,14,17H,3-5,8,10-11,20H2,1-2H3. The van der Waals surface area contributed by atoms with Gasteiger partial charge in [0.05, 0.1) is 6.61 Å². The van der Waals surface area contributed by atoms with Crippen LogP contribution in [0.5, 0.6) is 11.5 Å². The summed E-state index contributed by atoms with van der Waals surface area (Å²) in [5.74, 6) is 0.959. The van der Waals surface area contributed by atoms with Crippen LogP contribution < -0.4 is 15.2 Å². The first-order chi connectivity index (χ1) is 11.0. The lowest BCUT2D eigenvalue weighted by Gasteiger charge is -2.34. The van der Waals surface area contributed by atoms with E-state index in [4.69, 9.17) is 10.5 Å². The van der Waals surface area contributed by atoms with Crippen LogP contribution in [0.25, 0.3) is 0 Å². The molecule has 6 heteroatoms. The molecule has 1 aliphatic heterocycles. The summed E-state index contributed by atoms with van der Waals surface area (Å²) in [5.41, 5.74) is 7.05. The van der Waals surface area contributed by atoms with Crippen LogP contribution in [0.2, 0.25) is 0 Å². The molecule has 0 saturated carbocycles. The molecule has 0 aliphatic carbocycles. The molecule has 2 unspecified atom stereocenters. The molecule has 23 heavy (non-hydrogen) atoms. The van der Waals surface area contributed by atoms with Crippen LogP contribution in [0, 0.1) is 5.92 Å². The highest BCUT2D eigenvalue weighted by Crippen LogP contribution is 2.31. The Bertz CT molecular complexity index is 497. The van der Waals surface area contributed by atoms with E-state index in [1.54, 1.807) is 12.1 Å². The fourth-order valence-electron chi connectivity index (χ4n) is 3.03. The number of hydrogen-bond acceptors (Lipinski definition) is 4. The molecule has 0 bridgehead atoms. The van der Waals surface area contributed by atoms with Gasteiger partial charge in [-0.25, -0.2) is 0 Å². The van der Waals surface area contributed by atoms with E-state index in [0.29, 0.717) is 18.3 Å². The molecule has 0 spiro atoms. The summed E-state index contributed by atoms with van der Waals surface area (Å²) in [7, 11) is 0. The first-order valence-corrected chi connectivity index (χ1v) is 8.18. The molecule has 1 aromatic carbocycles. The third kappa shape index (κ3) is 5.32. The summed E-state index contributed by atoms with van der Waals surface area (Å²) in [6, 6.07) is 5.35. The van der Waals surface area contributed by atoms with Gasteiger partial charge in [0.25, 0.3) is 0 Å². The van der Waals surface area contributed by atoms with E-state index >= 15 is 0 Å². The van der Waals surface area contributed by atoms with E-state index in [2.05, 4.69) is 16.6 Å². The highest BCUT2D eigenvalue weighted by molar-refractivity contribution is 5.43. The summed E-state index contributed by atoms with van der Waals surface area (Å²) in [6.07, 6.45) is 2.30. The predicted molar refractivity (Wildman–Crippen MR) is 85.9 cm³/mol. The maximum atomic E-state index is 12.4. The second-order valence-corrected chi connectivity index (χ2v) is 6.09. The van der Waals surface area contributed by atoms with Crippen molar-refractivity contribution in [2.45, 2.75) is 45.9 Å². The molecule has 1 aliphatic rings. The second-order valence-electron chi connectivity index (χ2n) is 6.09. The van der Waals surface area contributed by atoms with Crippen LogP contribution in [0.4, 0.5) is 8.78 Å². The first kappa shape index (κ1) is 17.9. The van der Waals surface area contributed by atoms with E-state index in [9.17, 15) is 8.78 Å². The van der Waals surface area contributed by atoms with E-state index in [1.807, 2.05) is 13.0 Å². The molecule has 1 fully saturated rings. The lowest BCUT2D eigenvalue weighted by atomic mass is 9.92. The molecule has 1 saturated heterocycles. The second kappa shape index (κ2) is 8.45. The Kier molecular flexibility index (Phi) is 6.59. The maximum Gasteiger partial charge on any atom is 0.387 e. The van der Waals surface area contributed by atoms with Crippen molar-refractivity contribution in [1.82, 2.24) is 4.90 Å². The molecule has 0 aromatic heterocycles. The van der Waals surface area contributed by atoms with Gasteiger partial charge in [0, 0.05) is 19.1 Å². The van der Waals surface area contributed by atoms with Crippen LogP contribution in [-0.4, -0.2) is 37.2 Å². The van der Waals surface area contributed by atoms with Crippen LogP contribution in [0.15, 0.2) is 18.2 Å². The van der Waals surface area contributed by atoms with Crippen molar-refractivity contribution >= 4 is 0 Å². The monoisotopic (exact) mass is 328 g/mol. The molecule has 1 heterocycles. The zero-order chi connectivity index (χ0) is 16.8. The van der Waals surface area contributed by atoms with Crippen molar-refractivity contribution in [3.05, 3.63) is 23.8 Å². The van der Waals surface area contributed by atoms with Crippen molar-refractivity contribution in [2.24, 2.45) is 11.7 Å². The number of ether oxygens (including phenoxy) is 2. The van der Waals surface area contributed by atoms with Crippen LogP contribution in [0.3, 0.4) is 0 Å². The van der Waals surface area contributed by atoms with Crippen LogP contribution in [0.1, 0.15) is 32.3 Å². The Morgan fingerprint density at radius 1 is 1.35 bits per heavy atom. The Balaban J connectivity index is 2.06. The van der Waals surface area contributed by atoms with Gasteiger partial charge in [-0.2, -0.15) is 8.78 Å². The molecule has 1 aromatic rings. The maximum absolute atomic E-state index is 12.4. The topological polar surface area (TPSA) is 47.7 Å². The first-order valence-electron chi connectivity index (χ1n) is 8.18. The molecule has 0 amide bonds. The number of nitrogens with zero attached hydrogens (tertiary/aromatic N) is 1. The molecular weight excluding hydrogens is 302 g/mol. The number of rotatable bonds is 7. The van der Waals surface area contributed by atoms with Gasteiger partial charge in [-0.3, -0.25) is 4.90 Å². The largest absolute Gasteiger partial charge is 0.490 e. The minimum Gasteiger partial charge on any atom is -0.490 e. The van der Waals surface area contributed by atoms with Crippen molar-refractivity contribution in [3.63, 3.8) is 0 Å². The summed E-state index contributed by atoms with van der Waals surface area (Å²) in [5, 5.41) is 0. The molecular formula is C17H26F2N2O2. The summed E-state index contributed by atoms with van der Waals surface area (Å²) in [4.78, 5) is 2.36. The number of hydrogen-bond donors (Lipinski definition) is 1. The number of nitrogens with two attached hydrogens (primary N) is 1. The number of alkyl halides is 2. The van der Waals surface area contributed by atoms with Gasteiger partial charge in [0.2, 0.25) is 0 Å². The van der Waals surface area contributed by atoms with Crippen molar-refractivity contribution < 1.29 is 18.3 Å². The van der Waals surface area contributed by atoms with Crippen LogP contribution >= 0.6 is 0 Å². The van der Waals surface area contributed by atoms with E-state index in [-0.39, 0.29) is 11.8 Å². The van der Waals surface area contributed by atoms with E-state index < -0.39 is 6.61 Å². The van der Waals surface area contributed by atoms with Gasteiger partial charge in [-0.05, 0) is 56.8 Å². The third-order valence-electron chi connectivity index (χ3n) is 4.22. The van der Waals surface area contributed by atoms with Gasteiger partial charge in [0.15, 0.2) is 11.5 Å². The fraction of sp³-hybridized carbons (Fsp3) is 0.647. The lowest BCUT2D eigenvalue weighted by Crippen LogP contribution is -2.41. The van der Waals surface area contributed by atoms with E-state index in [1.165, 1.54) is 6.42 Å². The minimum absolute atomic E-state index is 0.0812. The molecule has 2 rings (SSSR count). The quantitative estimate of drug-likeness (QED) is 0.835. The Morgan fingerprint density at radius 2 is 2.13 bits per heavy atom. The third-order valence-corrected chi connectivity index (χ3v) is 4.22. The molecule has 2 atom stereocenters. The zero-order valence-corrected chi connectivity index (χ0v) is 13.8. The zero-order valence-electron chi connectivity index (χ0n) is 13.8. The normalized spacial score (nSPS) is 20.5. The number of piperidine rings is 1. The number of halogens is 2. The predicted octanol–water partition coefficient (Wildman–Crippen LogP) is 3.25. The van der Waals surface area contributed by atoms with Gasteiger partial charge in [-0.1, -0.05) is 6.07 Å². The molecule has 4 nitrogen and oxygen atoms in total. The smallest absolute Gasteiger partial charge is 0.387 e. The van der Waals surface area contributed by atoms with Gasteiger partial charge in [0.1, 0.15) is 0 Å². The minimum atomic E-state index is -2.85. The van der Waals surface area contributed by atoms with Crippen molar-refractivity contribution in [2.75, 3.05) is 19.7 Å². The molecule has 2 N–H and O–H groups in total. The van der Waals surface area contributed by atoms with Gasteiger partial charge in [-0.15, -0.1) is 0 Å². The van der Waals surface area contributed by atoms with Crippen LogP contribution in [-0.2, 0) is 6.54 Å². The summed E-state index contributed by atoms with van der Waals surface area (Å²) in [6.45, 7) is 4.18. The average molecular weight is 328 g/mol. The number of likely N-dealkylation sites (tertiary alicyclic amines) is 1. The van der Waals surface area contributed by atoms with Crippen molar-refractivity contribution in [1.29, 1.82) is 0 Å². The van der Waals surface area contributed by atoms with Crippen molar-refractivity contribution in [3.8, 4) is 11.5 Å². The SMILES string of the molecule is CCOc1cc(CN2CCCC(C(C)N)C2)ccc1OC(F)F. The molecule has 0 radical (unpaired) electrons.